The highest BCUT2D eigenvalue weighted by atomic mass is 32.2. The van der Waals surface area contributed by atoms with Crippen LogP contribution in [0.3, 0.4) is 0 Å². The zero-order valence-corrected chi connectivity index (χ0v) is 19.4. The fourth-order valence-corrected chi connectivity index (χ4v) is 4.45. The summed E-state index contributed by atoms with van der Waals surface area (Å²) in [6.45, 7) is 2.11. The van der Waals surface area contributed by atoms with E-state index in [1.54, 1.807) is 12.1 Å². The number of nitrogen functional groups attached to an aromatic ring is 1. The average molecular weight is 477 g/mol. The van der Waals surface area contributed by atoms with E-state index in [0.717, 1.165) is 16.0 Å². The van der Waals surface area contributed by atoms with Crippen LogP contribution in [0.5, 0.6) is 0 Å². The highest BCUT2D eigenvalue weighted by molar-refractivity contribution is 8.00. The number of anilines is 2. The Hall–Kier alpha value is -3.98. The van der Waals surface area contributed by atoms with Gasteiger partial charge in [-0.15, -0.1) is 11.8 Å². The van der Waals surface area contributed by atoms with Crippen molar-refractivity contribution in [2.45, 2.75) is 24.9 Å². The van der Waals surface area contributed by atoms with Gasteiger partial charge in [-0.1, -0.05) is 48.5 Å². The molecule has 2 heterocycles. The average Bonchev–Trinajstić information content (AvgIpc) is 3.34. The number of aromatic nitrogens is 2. The van der Waals surface area contributed by atoms with E-state index in [-0.39, 0.29) is 36.3 Å². The minimum Gasteiger partial charge on any atom is -0.467 e. The first-order valence-electron chi connectivity index (χ1n) is 10.6. The third-order valence-corrected chi connectivity index (χ3v) is 6.47. The lowest BCUT2D eigenvalue weighted by Gasteiger charge is -2.24. The van der Waals surface area contributed by atoms with Gasteiger partial charge < -0.3 is 10.2 Å². The van der Waals surface area contributed by atoms with Crippen LogP contribution in [-0.4, -0.2) is 21.2 Å². The van der Waals surface area contributed by atoms with Gasteiger partial charge in [-0.2, -0.15) is 0 Å². The van der Waals surface area contributed by atoms with Crippen molar-refractivity contribution in [1.82, 2.24) is 9.55 Å². The van der Waals surface area contributed by atoms with E-state index in [9.17, 15) is 14.4 Å². The second-order valence-electron chi connectivity index (χ2n) is 7.68. The van der Waals surface area contributed by atoms with Gasteiger partial charge in [0.2, 0.25) is 5.91 Å². The first-order chi connectivity index (χ1) is 16.4. The Labute approximate surface area is 200 Å². The highest BCUT2D eigenvalue weighted by Gasteiger charge is 2.25. The lowest BCUT2D eigenvalue weighted by atomic mass is 10.2. The Morgan fingerprint density at radius 3 is 2.50 bits per heavy atom. The molecule has 3 N–H and O–H groups in total. The number of hydrogen-bond acceptors (Lipinski definition) is 6. The first kappa shape index (κ1) is 23.2. The number of nitrogens with one attached hydrogen (secondary N) is 1. The predicted octanol–water partition coefficient (Wildman–Crippen LogP) is 3.39. The molecule has 2 aromatic heterocycles. The molecule has 0 radical (unpaired) electrons. The standard InChI is InChI=1S/C25H24N4O4S/c1-17-8-5-6-12-20(17)34-16-21(30)28(15-19-11-7-13-33-19)22-23(26)29(25(32)27-24(22)31)14-18-9-3-2-4-10-18/h2-13H,14-16,26H2,1H3,(H,27,31,32). The molecule has 4 rings (SSSR count). The molecule has 0 aliphatic carbocycles. The molecule has 0 aliphatic rings. The summed E-state index contributed by atoms with van der Waals surface area (Å²) in [6, 6.07) is 20.4. The summed E-state index contributed by atoms with van der Waals surface area (Å²) in [6.07, 6.45) is 1.49. The number of aromatic amines is 1. The molecule has 0 aliphatic heterocycles. The van der Waals surface area contributed by atoms with Crippen molar-refractivity contribution in [2.24, 2.45) is 0 Å². The fourth-order valence-electron chi connectivity index (χ4n) is 3.55. The molecule has 34 heavy (non-hydrogen) atoms. The van der Waals surface area contributed by atoms with Crippen LogP contribution < -0.4 is 21.9 Å². The van der Waals surface area contributed by atoms with E-state index in [2.05, 4.69) is 4.98 Å². The largest absolute Gasteiger partial charge is 0.467 e. The van der Waals surface area contributed by atoms with Crippen molar-refractivity contribution < 1.29 is 9.21 Å². The fraction of sp³-hybridized carbons (Fsp3) is 0.160. The summed E-state index contributed by atoms with van der Waals surface area (Å²) in [5, 5.41) is 0. The second-order valence-corrected chi connectivity index (χ2v) is 8.70. The molecular formula is C25H24N4O4S. The molecule has 9 heteroatoms. The van der Waals surface area contributed by atoms with Crippen LogP contribution in [0.1, 0.15) is 16.9 Å². The van der Waals surface area contributed by atoms with Crippen molar-refractivity contribution in [3.8, 4) is 0 Å². The van der Waals surface area contributed by atoms with E-state index < -0.39 is 11.2 Å². The predicted molar refractivity (Wildman–Crippen MR) is 133 cm³/mol. The minimum atomic E-state index is -0.729. The number of aryl methyl sites for hydroxylation is 1. The van der Waals surface area contributed by atoms with Gasteiger partial charge in [-0.25, -0.2) is 4.79 Å². The Morgan fingerprint density at radius 2 is 1.79 bits per heavy atom. The number of nitrogens with zero attached hydrogens (tertiary/aromatic N) is 2. The van der Waals surface area contributed by atoms with Gasteiger partial charge in [-0.05, 0) is 36.2 Å². The topological polar surface area (TPSA) is 114 Å². The molecule has 2 aromatic carbocycles. The van der Waals surface area contributed by atoms with Gasteiger partial charge in [0.25, 0.3) is 5.56 Å². The number of thioether (sulfide) groups is 1. The summed E-state index contributed by atoms with van der Waals surface area (Å²) in [4.78, 5) is 43.4. The molecule has 0 fully saturated rings. The van der Waals surface area contributed by atoms with E-state index in [1.165, 1.54) is 27.5 Å². The van der Waals surface area contributed by atoms with E-state index in [0.29, 0.717) is 5.76 Å². The number of benzene rings is 2. The van der Waals surface area contributed by atoms with E-state index in [4.69, 9.17) is 10.2 Å². The van der Waals surface area contributed by atoms with Crippen molar-refractivity contribution in [3.05, 3.63) is 111 Å². The van der Waals surface area contributed by atoms with Crippen molar-refractivity contribution in [1.29, 1.82) is 0 Å². The zero-order valence-electron chi connectivity index (χ0n) is 18.6. The number of carbonyl (C=O) groups is 1. The Kier molecular flexibility index (Phi) is 7.03. The number of hydrogen-bond donors (Lipinski definition) is 2. The molecule has 0 atom stereocenters. The molecule has 174 valence electrons. The zero-order chi connectivity index (χ0) is 24.1. The van der Waals surface area contributed by atoms with Gasteiger partial charge in [0.15, 0.2) is 5.69 Å². The summed E-state index contributed by atoms with van der Waals surface area (Å²) >= 11 is 1.37. The SMILES string of the molecule is Cc1ccccc1SCC(=O)N(Cc1ccco1)c1c(N)n(Cc2ccccc2)c(=O)[nH]c1=O. The molecule has 0 spiro atoms. The monoisotopic (exact) mass is 476 g/mol. The Bertz CT molecular complexity index is 1390. The summed E-state index contributed by atoms with van der Waals surface area (Å²) < 4.78 is 6.68. The van der Waals surface area contributed by atoms with Gasteiger partial charge in [0.1, 0.15) is 11.6 Å². The molecule has 0 saturated heterocycles. The normalized spacial score (nSPS) is 10.9. The summed E-state index contributed by atoms with van der Waals surface area (Å²) in [5.74, 6) is 0.126. The molecule has 0 saturated carbocycles. The third kappa shape index (κ3) is 5.15. The maximum absolute atomic E-state index is 13.4. The molecule has 1 amide bonds. The van der Waals surface area contributed by atoms with E-state index in [1.807, 2.05) is 61.5 Å². The minimum absolute atomic E-state index is 0.00299. The Morgan fingerprint density at radius 1 is 1.06 bits per heavy atom. The number of carbonyl (C=O) groups excluding carboxylic acids is 1. The van der Waals surface area contributed by atoms with Crippen LogP contribution in [0.2, 0.25) is 0 Å². The number of nitrogens with two attached hydrogens (primary N) is 1. The Balaban J connectivity index is 1.71. The maximum atomic E-state index is 13.4. The van der Waals surface area contributed by atoms with Crippen molar-refractivity contribution in [2.75, 3.05) is 16.4 Å². The molecule has 4 aromatic rings. The lowest BCUT2D eigenvalue weighted by molar-refractivity contribution is -0.116. The smallest absolute Gasteiger partial charge is 0.330 e. The van der Waals surface area contributed by atoms with Crippen molar-refractivity contribution >= 4 is 29.2 Å². The highest BCUT2D eigenvalue weighted by Crippen LogP contribution is 2.25. The number of H-pyrrole nitrogens is 1. The summed E-state index contributed by atoms with van der Waals surface area (Å²) in [7, 11) is 0. The maximum Gasteiger partial charge on any atom is 0.330 e. The van der Waals surface area contributed by atoms with Crippen LogP contribution in [0.25, 0.3) is 0 Å². The summed E-state index contributed by atoms with van der Waals surface area (Å²) in [5.41, 5.74) is 6.76. The second kappa shape index (κ2) is 10.3. The van der Waals surface area contributed by atoms with Gasteiger partial charge in [-0.3, -0.25) is 24.0 Å². The number of amides is 1. The number of rotatable bonds is 8. The molecule has 8 nitrogen and oxygen atoms in total. The quantitative estimate of drug-likeness (QED) is 0.377. The first-order valence-corrected chi connectivity index (χ1v) is 11.6. The third-order valence-electron chi connectivity index (χ3n) is 5.31. The lowest BCUT2D eigenvalue weighted by Crippen LogP contribution is -2.41. The molecule has 0 bridgehead atoms. The van der Waals surface area contributed by atoms with Crippen LogP contribution >= 0.6 is 11.8 Å². The van der Waals surface area contributed by atoms with Gasteiger partial charge in [0, 0.05) is 4.90 Å². The van der Waals surface area contributed by atoms with Crippen LogP contribution in [0.4, 0.5) is 11.5 Å². The molecular weight excluding hydrogens is 452 g/mol. The van der Waals surface area contributed by atoms with Crippen LogP contribution in [0, 0.1) is 6.92 Å². The van der Waals surface area contributed by atoms with Crippen molar-refractivity contribution in [3.63, 3.8) is 0 Å². The van der Waals surface area contributed by atoms with E-state index >= 15 is 0 Å². The number of furan rings is 1. The van der Waals surface area contributed by atoms with Gasteiger partial charge >= 0.3 is 5.69 Å². The van der Waals surface area contributed by atoms with Crippen LogP contribution in [-0.2, 0) is 17.9 Å². The molecule has 0 unspecified atom stereocenters. The van der Waals surface area contributed by atoms with Crippen LogP contribution in [0.15, 0.2) is 91.9 Å². The van der Waals surface area contributed by atoms with Gasteiger partial charge in [0.05, 0.1) is 25.1 Å².